The highest BCUT2D eigenvalue weighted by molar-refractivity contribution is 7.15. The summed E-state index contributed by atoms with van der Waals surface area (Å²) in [7, 11) is 0. The third kappa shape index (κ3) is 4.62. The SMILES string of the molecule is CCCc1cc(Nc2cccc(C(=O)Nc3ncc(C)s3)c2)n2nc(-c3cccnc3)nc2n1. The zero-order valence-corrected chi connectivity index (χ0v) is 19.5. The second kappa shape index (κ2) is 9.36. The van der Waals surface area contributed by atoms with Gasteiger partial charge in [-0.15, -0.1) is 16.4 Å². The van der Waals surface area contributed by atoms with E-state index in [9.17, 15) is 4.79 Å². The van der Waals surface area contributed by atoms with E-state index >= 15 is 0 Å². The number of rotatable bonds is 7. The van der Waals surface area contributed by atoms with Crippen molar-refractivity contribution in [1.29, 1.82) is 0 Å². The van der Waals surface area contributed by atoms with Gasteiger partial charge in [-0.25, -0.2) is 9.97 Å². The first kappa shape index (κ1) is 21.7. The third-order valence-corrected chi connectivity index (χ3v) is 5.86. The average molecular weight is 471 g/mol. The fraction of sp³-hybridized carbons (Fsp3) is 0.167. The molecule has 0 unspecified atom stereocenters. The van der Waals surface area contributed by atoms with Crippen molar-refractivity contribution in [3.63, 3.8) is 0 Å². The molecule has 0 aliphatic carbocycles. The van der Waals surface area contributed by atoms with Gasteiger partial charge >= 0.3 is 0 Å². The molecule has 5 rings (SSSR count). The summed E-state index contributed by atoms with van der Waals surface area (Å²) in [5.41, 5.74) is 2.99. The third-order valence-electron chi connectivity index (χ3n) is 5.03. The van der Waals surface area contributed by atoms with Crippen molar-refractivity contribution >= 4 is 39.7 Å². The molecule has 0 spiro atoms. The first-order valence-corrected chi connectivity index (χ1v) is 11.7. The molecule has 1 aromatic carbocycles. The van der Waals surface area contributed by atoms with Gasteiger partial charge in [0.05, 0.1) is 0 Å². The minimum Gasteiger partial charge on any atom is -0.340 e. The molecule has 0 radical (unpaired) electrons. The summed E-state index contributed by atoms with van der Waals surface area (Å²) in [6.07, 6.45) is 6.94. The van der Waals surface area contributed by atoms with Crippen LogP contribution >= 0.6 is 11.3 Å². The summed E-state index contributed by atoms with van der Waals surface area (Å²) < 4.78 is 1.67. The van der Waals surface area contributed by atoms with E-state index in [2.05, 4.69) is 42.6 Å². The van der Waals surface area contributed by atoms with E-state index in [1.165, 1.54) is 11.3 Å². The van der Waals surface area contributed by atoms with Crippen molar-refractivity contribution in [3.05, 3.63) is 77.2 Å². The van der Waals surface area contributed by atoms with Crippen LogP contribution in [0, 0.1) is 6.92 Å². The van der Waals surface area contributed by atoms with Crippen molar-refractivity contribution in [1.82, 2.24) is 29.5 Å². The molecule has 0 aliphatic heterocycles. The molecule has 0 atom stereocenters. The Hall–Kier alpha value is -4.18. The molecule has 10 heteroatoms. The predicted octanol–water partition coefficient (Wildman–Crippen LogP) is 4.90. The van der Waals surface area contributed by atoms with E-state index in [0.29, 0.717) is 28.1 Å². The predicted molar refractivity (Wildman–Crippen MR) is 133 cm³/mol. The smallest absolute Gasteiger partial charge is 0.257 e. The monoisotopic (exact) mass is 470 g/mol. The van der Waals surface area contributed by atoms with E-state index in [1.807, 2.05) is 37.3 Å². The number of carbonyl (C=O) groups excluding carboxylic acids is 1. The number of benzene rings is 1. The molecule has 1 amide bonds. The summed E-state index contributed by atoms with van der Waals surface area (Å²) >= 11 is 1.44. The van der Waals surface area contributed by atoms with Gasteiger partial charge in [-0.05, 0) is 43.7 Å². The minimum absolute atomic E-state index is 0.218. The lowest BCUT2D eigenvalue weighted by atomic mass is 10.2. The van der Waals surface area contributed by atoms with Gasteiger partial charge in [0.25, 0.3) is 11.7 Å². The van der Waals surface area contributed by atoms with E-state index in [0.717, 1.165) is 34.7 Å². The van der Waals surface area contributed by atoms with Crippen LogP contribution in [0.4, 0.5) is 16.6 Å². The van der Waals surface area contributed by atoms with Crippen LogP contribution in [0.15, 0.2) is 61.1 Å². The van der Waals surface area contributed by atoms with E-state index in [1.54, 1.807) is 35.2 Å². The van der Waals surface area contributed by atoms with Gasteiger partial charge in [-0.3, -0.25) is 15.1 Å². The van der Waals surface area contributed by atoms with Gasteiger partial charge in [0.15, 0.2) is 11.0 Å². The Balaban J connectivity index is 1.47. The Morgan fingerprint density at radius 3 is 2.79 bits per heavy atom. The summed E-state index contributed by atoms with van der Waals surface area (Å²) in [5, 5.41) is 11.5. The Morgan fingerprint density at radius 2 is 2.03 bits per heavy atom. The first-order chi connectivity index (χ1) is 16.6. The number of nitrogens with zero attached hydrogens (tertiary/aromatic N) is 6. The molecule has 0 saturated carbocycles. The topological polar surface area (TPSA) is 110 Å². The van der Waals surface area contributed by atoms with Crippen molar-refractivity contribution in [3.8, 4) is 11.4 Å². The second-order valence-electron chi connectivity index (χ2n) is 7.71. The quantitative estimate of drug-likeness (QED) is 0.348. The number of nitrogens with one attached hydrogen (secondary N) is 2. The van der Waals surface area contributed by atoms with Crippen LogP contribution in [-0.2, 0) is 6.42 Å². The summed E-state index contributed by atoms with van der Waals surface area (Å²) in [6, 6.07) is 13.0. The van der Waals surface area contributed by atoms with Crippen molar-refractivity contribution in [2.75, 3.05) is 10.6 Å². The Morgan fingerprint density at radius 1 is 1.12 bits per heavy atom. The molecule has 34 heavy (non-hydrogen) atoms. The Bertz CT molecular complexity index is 1460. The number of thiazole rings is 1. The van der Waals surface area contributed by atoms with Crippen LogP contribution in [-0.4, -0.2) is 35.5 Å². The fourth-order valence-corrected chi connectivity index (χ4v) is 4.14. The summed E-state index contributed by atoms with van der Waals surface area (Å²) in [5.74, 6) is 1.54. The number of amides is 1. The average Bonchev–Trinajstić information content (AvgIpc) is 3.46. The number of aryl methyl sites for hydroxylation is 2. The molecule has 0 aliphatic rings. The molecular formula is C24H22N8OS. The van der Waals surface area contributed by atoms with Gasteiger partial charge in [-0.1, -0.05) is 19.4 Å². The molecule has 2 N–H and O–H groups in total. The number of pyridine rings is 1. The van der Waals surface area contributed by atoms with Crippen LogP contribution in [0.1, 0.15) is 34.3 Å². The fourth-order valence-electron chi connectivity index (χ4n) is 3.48. The van der Waals surface area contributed by atoms with Gasteiger partial charge < -0.3 is 5.32 Å². The molecule has 9 nitrogen and oxygen atoms in total. The maximum absolute atomic E-state index is 12.7. The Labute approximate surface area is 200 Å². The van der Waals surface area contributed by atoms with Gasteiger partial charge in [0.1, 0.15) is 5.82 Å². The molecule has 4 heterocycles. The lowest BCUT2D eigenvalue weighted by molar-refractivity contribution is 0.102. The molecule has 4 aromatic heterocycles. The molecule has 0 fully saturated rings. The van der Waals surface area contributed by atoms with Crippen molar-refractivity contribution in [2.24, 2.45) is 0 Å². The minimum atomic E-state index is -0.218. The number of fused-ring (bicyclic) bond motifs is 1. The number of aromatic nitrogens is 6. The maximum Gasteiger partial charge on any atom is 0.257 e. The summed E-state index contributed by atoms with van der Waals surface area (Å²) in [4.78, 5) is 31.4. The molecule has 0 saturated heterocycles. The number of carbonyl (C=O) groups is 1. The number of hydrogen-bond donors (Lipinski definition) is 2. The van der Waals surface area contributed by atoms with Crippen molar-refractivity contribution < 1.29 is 4.79 Å². The lowest BCUT2D eigenvalue weighted by Crippen LogP contribution is -2.12. The number of hydrogen-bond acceptors (Lipinski definition) is 8. The first-order valence-electron chi connectivity index (χ1n) is 10.9. The van der Waals surface area contributed by atoms with Crippen molar-refractivity contribution in [2.45, 2.75) is 26.7 Å². The van der Waals surface area contributed by atoms with Crippen LogP contribution in [0.3, 0.4) is 0 Å². The van der Waals surface area contributed by atoms with Gasteiger partial charge in [0, 0.05) is 52.0 Å². The second-order valence-corrected chi connectivity index (χ2v) is 8.94. The normalized spacial score (nSPS) is 11.0. The molecule has 0 bridgehead atoms. The van der Waals surface area contributed by atoms with E-state index in [4.69, 9.17) is 0 Å². The van der Waals surface area contributed by atoms with Gasteiger partial charge in [0.2, 0.25) is 0 Å². The lowest BCUT2D eigenvalue weighted by Gasteiger charge is -2.11. The van der Waals surface area contributed by atoms with Crippen LogP contribution in [0.25, 0.3) is 17.2 Å². The Kier molecular flexibility index (Phi) is 5.96. The highest BCUT2D eigenvalue weighted by Crippen LogP contribution is 2.23. The zero-order chi connectivity index (χ0) is 23.5. The van der Waals surface area contributed by atoms with Crippen LogP contribution in [0.5, 0.6) is 0 Å². The van der Waals surface area contributed by atoms with E-state index in [-0.39, 0.29) is 5.91 Å². The largest absolute Gasteiger partial charge is 0.340 e. The highest BCUT2D eigenvalue weighted by atomic mass is 32.1. The van der Waals surface area contributed by atoms with Gasteiger partial charge in [-0.2, -0.15) is 9.50 Å². The number of anilines is 3. The summed E-state index contributed by atoms with van der Waals surface area (Å²) in [6.45, 7) is 4.06. The van der Waals surface area contributed by atoms with Crippen LogP contribution in [0.2, 0.25) is 0 Å². The zero-order valence-electron chi connectivity index (χ0n) is 18.7. The highest BCUT2D eigenvalue weighted by Gasteiger charge is 2.14. The molecular weight excluding hydrogens is 448 g/mol. The maximum atomic E-state index is 12.7. The molecule has 170 valence electrons. The van der Waals surface area contributed by atoms with Crippen LogP contribution < -0.4 is 10.6 Å². The molecule has 5 aromatic rings. The standard InChI is InChI=1S/C24H22N8OS/c1-3-6-18-12-20(32-23(28-18)29-21(31-32)17-8-5-10-25-14-17)27-19-9-4-7-16(11-19)22(33)30-24-26-13-15(2)34-24/h4-5,7-14,27H,3,6H2,1-2H3,(H,26,30,33). The van der Waals surface area contributed by atoms with E-state index < -0.39 is 0 Å².